The third kappa shape index (κ3) is 4.43. The fourth-order valence-corrected chi connectivity index (χ4v) is 3.64. The van der Waals surface area contributed by atoms with Crippen LogP contribution < -0.4 is 10.8 Å². The Labute approximate surface area is 182 Å². The summed E-state index contributed by atoms with van der Waals surface area (Å²) >= 11 is 11.8. The molecule has 30 heavy (non-hydrogen) atoms. The molecule has 1 aliphatic heterocycles. The smallest absolute Gasteiger partial charge is 0.326 e. The Kier molecular flexibility index (Phi) is 6.36. The van der Waals surface area contributed by atoms with E-state index in [0.717, 1.165) is 23.8 Å². The molecule has 2 N–H and O–H groups in total. The number of hydrogen-bond acceptors (Lipinski definition) is 3. The second-order valence-corrected chi connectivity index (χ2v) is 7.85. The first-order valence-electron chi connectivity index (χ1n) is 9.17. The molecule has 3 rings (SSSR count). The largest absolute Gasteiger partial charge is 0.428 e. The molecule has 0 saturated heterocycles. The van der Waals surface area contributed by atoms with Crippen LogP contribution in [-0.2, 0) is 15.2 Å². The molecule has 2 aromatic carbocycles. The van der Waals surface area contributed by atoms with E-state index < -0.39 is 11.8 Å². The number of carbonyl (C=O) groups excluding carboxylic acids is 1. The number of aryl methyl sites for hydroxylation is 1. The van der Waals surface area contributed by atoms with Crippen molar-refractivity contribution in [2.24, 2.45) is 0 Å². The number of hydroxylamine groups is 1. The number of alkyl halides is 3. The van der Waals surface area contributed by atoms with Gasteiger partial charge in [-0.1, -0.05) is 42.3 Å². The molecule has 0 saturated carbocycles. The van der Waals surface area contributed by atoms with Gasteiger partial charge in [0, 0.05) is 33.3 Å². The molecule has 160 valence electrons. The zero-order chi connectivity index (χ0) is 22.1. The van der Waals surface area contributed by atoms with Crippen molar-refractivity contribution < 1.29 is 22.8 Å². The predicted octanol–water partition coefficient (Wildman–Crippen LogP) is 6.37. The maximum Gasteiger partial charge on any atom is 0.428 e. The van der Waals surface area contributed by atoms with E-state index in [9.17, 15) is 18.0 Å². The van der Waals surface area contributed by atoms with E-state index >= 15 is 0 Å². The van der Waals surface area contributed by atoms with E-state index in [1.54, 1.807) is 25.1 Å². The lowest BCUT2D eigenvalue weighted by atomic mass is 9.91. The average molecular weight is 459 g/mol. The minimum Gasteiger partial charge on any atom is -0.326 e. The lowest BCUT2D eigenvalue weighted by Gasteiger charge is -2.28. The molecule has 0 spiro atoms. The van der Waals surface area contributed by atoms with Crippen molar-refractivity contribution >= 4 is 40.5 Å². The molecular formula is C21H19Cl2F3N2O2. The monoisotopic (exact) mass is 458 g/mol. The molecular weight excluding hydrogens is 440 g/mol. The fourth-order valence-electron chi connectivity index (χ4n) is 3.12. The molecule has 0 radical (unpaired) electrons. The van der Waals surface area contributed by atoms with E-state index in [0.29, 0.717) is 24.1 Å². The maximum absolute atomic E-state index is 14.1. The Morgan fingerprint density at radius 2 is 1.83 bits per heavy atom. The zero-order valence-corrected chi connectivity index (χ0v) is 17.7. The van der Waals surface area contributed by atoms with E-state index in [4.69, 9.17) is 28.0 Å². The molecule has 2 aromatic rings. The third-order valence-corrected chi connectivity index (χ3v) is 5.12. The Morgan fingerprint density at radius 3 is 2.43 bits per heavy atom. The summed E-state index contributed by atoms with van der Waals surface area (Å²) in [5.41, 5.74) is 1.18. The highest BCUT2D eigenvalue weighted by Crippen LogP contribution is 2.48. The van der Waals surface area contributed by atoms with Crippen molar-refractivity contribution in [2.45, 2.75) is 38.5 Å². The number of nitrogens with one attached hydrogen (secondary N) is 2. The molecule has 0 bridgehead atoms. The number of amides is 1. The fraction of sp³-hybridized carbons (Fsp3) is 0.286. The van der Waals surface area contributed by atoms with Crippen molar-refractivity contribution in [1.29, 1.82) is 0 Å². The molecule has 0 fully saturated rings. The van der Waals surface area contributed by atoms with Gasteiger partial charge in [0.1, 0.15) is 0 Å². The highest BCUT2D eigenvalue weighted by molar-refractivity contribution is 6.34. The molecule has 0 aromatic heterocycles. The average Bonchev–Trinajstić information content (AvgIpc) is 3.10. The molecule has 1 unspecified atom stereocenters. The summed E-state index contributed by atoms with van der Waals surface area (Å²) in [7, 11) is 0. The van der Waals surface area contributed by atoms with Gasteiger partial charge in [-0.2, -0.15) is 13.2 Å². The maximum atomic E-state index is 14.1. The number of rotatable bonds is 5. The first-order valence-corrected chi connectivity index (χ1v) is 9.92. The van der Waals surface area contributed by atoms with Crippen molar-refractivity contribution in [3.05, 3.63) is 69.2 Å². The number of hydrogen-bond donors (Lipinski definition) is 2. The van der Waals surface area contributed by atoms with Gasteiger partial charge in [-0.3, -0.25) is 15.1 Å². The van der Waals surface area contributed by atoms with Crippen molar-refractivity contribution in [2.75, 3.05) is 5.32 Å². The molecule has 4 nitrogen and oxygen atoms in total. The summed E-state index contributed by atoms with van der Waals surface area (Å²) in [5, 5.41) is 2.90. The van der Waals surface area contributed by atoms with Crippen molar-refractivity contribution in [3.63, 3.8) is 0 Å². The lowest BCUT2D eigenvalue weighted by Crippen LogP contribution is -2.42. The number of anilines is 1. The van der Waals surface area contributed by atoms with Crippen LogP contribution in [0.4, 0.5) is 18.9 Å². The van der Waals surface area contributed by atoms with Gasteiger partial charge in [0.25, 0.3) is 0 Å². The Balaban J connectivity index is 2.04. The summed E-state index contributed by atoms with van der Waals surface area (Å²) in [6.45, 7) is 3.68. The van der Waals surface area contributed by atoms with Gasteiger partial charge in [0.2, 0.25) is 11.5 Å². The van der Waals surface area contributed by atoms with E-state index in [2.05, 4.69) is 10.8 Å². The molecule has 1 amide bonds. The molecule has 1 heterocycles. The standard InChI is InChI=1S/C21H19Cl2F3N2O2/c1-3-4-19(29)27-17-7-13(6-5-12(17)2)18-11-20(30-28-18,21(24,25)26)14-8-15(22)10-16(23)9-14/h5-11,28H,3-4H2,1-2H3,(H,27,29). The van der Waals surface area contributed by atoms with Gasteiger partial charge in [-0.15, -0.1) is 0 Å². The minimum atomic E-state index is -4.79. The van der Waals surface area contributed by atoms with Crippen LogP contribution in [0.1, 0.15) is 36.5 Å². The topological polar surface area (TPSA) is 50.4 Å². The Hall–Kier alpha value is -2.22. The number of benzene rings is 2. The summed E-state index contributed by atoms with van der Waals surface area (Å²) in [4.78, 5) is 17.0. The predicted molar refractivity (Wildman–Crippen MR) is 111 cm³/mol. The van der Waals surface area contributed by atoms with Crippen LogP contribution >= 0.6 is 23.2 Å². The second-order valence-electron chi connectivity index (χ2n) is 6.98. The van der Waals surface area contributed by atoms with Crippen LogP contribution in [0.3, 0.4) is 0 Å². The van der Waals surface area contributed by atoms with Crippen LogP contribution in [0.5, 0.6) is 0 Å². The number of halogens is 5. The quantitative estimate of drug-likeness (QED) is 0.546. The molecule has 1 atom stereocenters. The highest BCUT2D eigenvalue weighted by Gasteiger charge is 2.59. The molecule has 9 heteroatoms. The first kappa shape index (κ1) is 22.5. The van der Waals surface area contributed by atoms with Gasteiger partial charge in [0.15, 0.2) is 0 Å². The third-order valence-electron chi connectivity index (χ3n) is 4.68. The number of carbonyl (C=O) groups is 1. The van der Waals surface area contributed by atoms with E-state index in [1.807, 2.05) is 6.92 Å². The highest BCUT2D eigenvalue weighted by atomic mass is 35.5. The van der Waals surface area contributed by atoms with Gasteiger partial charge >= 0.3 is 6.18 Å². The SMILES string of the molecule is CCCC(=O)Nc1cc(C2=CC(c3cc(Cl)cc(Cl)c3)(C(F)(F)F)ON2)ccc1C. The van der Waals surface area contributed by atoms with Crippen LogP contribution in [0.15, 0.2) is 42.5 Å². The second kappa shape index (κ2) is 8.49. The van der Waals surface area contributed by atoms with E-state index in [-0.39, 0.29) is 27.2 Å². The van der Waals surface area contributed by atoms with Crippen LogP contribution in [0.25, 0.3) is 5.70 Å². The van der Waals surface area contributed by atoms with Gasteiger partial charge in [-0.05, 0) is 49.2 Å². The van der Waals surface area contributed by atoms with Crippen LogP contribution in [0.2, 0.25) is 10.0 Å². The van der Waals surface area contributed by atoms with Gasteiger partial charge < -0.3 is 5.32 Å². The molecule has 1 aliphatic rings. The molecule has 0 aliphatic carbocycles. The summed E-state index contributed by atoms with van der Waals surface area (Å²) in [6, 6.07) is 8.62. The summed E-state index contributed by atoms with van der Waals surface area (Å²) < 4.78 is 42.3. The van der Waals surface area contributed by atoms with E-state index in [1.165, 1.54) is 6.07 Å². The zero-order valence-electron chi connectivity index (χ0n) is 16.2. The lowest BCUT2D eigenvalue weighted by molar-refractivity contribution is -0.269. The van der Waals surface area contributed by atoms with Gasteiger partial charge in [0.05, 0.1) is 5.70 Å². The van der Waals surface area contributed by atoms with Crippen LogP contribution in [-0.4, -0.2) is 12.1 Å². The van der Waals surface area contributed by atoms with Crippen molar-refractivity contribution in [3.8, 4) is 0 Å². The van der Waals surface area contributed by atoms with Gasteiger partial charge in [-0.25, -0.2) is 0 Å². The Morgan fingerprint density at radius 1 is 1.17 bits per heavy atom. The Bertz CT molecular complexity index is 988. The summed E-state index contributed by atoms with van der Waals surface area (Å²) in [6.07, 6.45) is -2.82. The minimum absolute atomic E-state index is 0.0582. The normalized spacial score (nSPS) is 18.7. The summed E-state index contributed by atoms with van der Waals surface area (Å²) in [5.74, 6) is -0.166. The van der Waals surface area contributed by atoms with Crippen molar-refractivity contribution in [1.82, 2.24) is 5.48 Å². The first-order chi connectivity index (χ1) is 14.1. The van der Waals surface area contributed by atoms with Crippen LogP contribution in [0, 0.1) is 6.92 Å².